The maximum Gasteiger partial charge on any atom is 0.338 e. The summed E-state index contributed by atoms with van der Waals surface area (Å²) in [6.07, 6.45) is 5.89. The SMILES string of the molecule is C=C(C)C(=O)Oc1ccc(C2(c3ccc(N(c4ccc(C)cc4)c4ccc(C)cc4)cc3)CCCCC2)cc1. The van der Waals surface area contributed by atoms with Crippen molar-refractivity contribution < 1.29 is 9.53 Å². The zero-order valence-electron chi connectivity index (χ0n) is 23.2. The van der Waals surface area contributed by atoms with Crippen molar-refractivity contribution in [2.24, 2.45) is 0 Å². The summed E-state index contributed by atoms with van der Waals surface area (Å²) in [5, 5.41) is 0. The molecule has 0 N–H and O–H groups in total. The maximum absolute atomic E-state index is 12.0. The Bertz CT molecular complexity index is 1380. The van der Waals surface area contributed by atoms with Crippen LogP contribution in [0.1, 0.15) is 61.3 Å². The molecule has 0 unspecified atom stereocenters. The first-order valence-electron chi connectivity index (χ1n) is 13.9. The third kappa shape index (κ3) is 5.68. The molecule has 198 valence electrons. The molecule has 0 aromatic heterocycles. The van der Waals surface area contributed by atoms with Gasteiger partial charge in [0.15, 0.2) is 0 Å². The molecule has 1 saturated carbocycles. The summed E-state index contributed by atoms with van der Waals surface area (Å²) < 4.78 is 5.45. The fraction of sp³-hybridized carbons (Fsp3) is 0.250. The second-order valence-electron chi connectivity index (χ2n) is 10.9. The van der Waals surface area contributed by atoms with E-state index in [-0.39, 0.29) is 5.41 Å². The Morgan fingerprint density at radius 1 is 0.667 bits per heavy atom. The number of carbonyl (C=O) groups is 1. The van der Waals surface area contributed by atoms with E-state index in [1.54, 1.807) is 6.92 Å². The highest BCUT2D eigenvalue weighted by Gasteiger charge is 2.35. The molecule has 3 heteroatoms. The van der Waals surface area contributed by atoms with Crippen LogP contribution in [0.2, 0.25) is 0 Å². The lowest BCUT2D eigenvalue weighted by atomic mass is 9.65. The molecule has 0 amide bonds. The van der Waals surface area contributed by atoms with Gasteiger partial charge >= 0.3 is 5.97 Å². The first-order chi connectivity index (χ1) is 18.9. The maximum atomic E-state index is 12.0. The lowest BCUT2D eigenvalue weighted by molar-refractivity contribution is -0.130. The van der Waals surface area contributed by atoms with E-state index in [1.807, 2.05) is 12.1 Å². The molecule has 0 radical (unpaired) electrons. The van der Waals surface area contributed by atoms with Gasteiger partial charge in [-0.15, -0.1) is 0 Å². The van der Waals surface area contributed by atoms with Crippen LogP contribution in [0.4, 0.5) is 17.1 Å². The van der Waals surface area contributed by atoms with Gasteiger partial charge < -0.3 is 9.64 Å². The fourth-order valence-corrected chi connectivity index (χ4v) is 5.70. The molecule has 4 aromatic rings. The largest absolute Gasteiger partial charge is 0.423 e. The third-order valence-corrected chi connectivity index (χ3v) is 7.94. The quantitative estimate of drug-likeness (QED) is 0.139. The van der Waals surface area contributed by atoms with E-state index in [9.17, 15) is 4.79 Å². The van der Waals surface area contributed by atoms with Crippen LogP contribution < -0.4 is 9.64 Å². The van der Waals surface area contributed by atoms with E-state index in [0.29, 0.717) is 11.3 Å². The smallest absolute Gasteiger partial charge is 0.338 e. The van der Waals surface area contributed by atoms with E-state index in [2.05, 4.69) is 110 Å². The summed E-state index contributed by atoms with van der Waals surface area (Å²) in [5.41, 5.74) is 8.88. The Morgan fingerprint density at radius 2 is 1.08 bits per heavy atom. The van der Waals surface area contributed by atoms with Crippen LogP contribution in [0.25, 0.3) is 0 Å². The van der Waals surface area contributed by atoms with Crippen LogP contribution in [-0.2, 0) is 10.2 Å². The average molecular weight is 516 g/mol. The molecule has 0 bridgehead atoms. The molecule has 0 aliphatic heterocycles. The van der Waals surface area contributed by atoms with Gasteiger partial charge in [0.25, 0.3) is 0 Å². The van der Waals surface area contributed by atoms with Crippen molar-refractivity contribution in [1.82, 2.24) is 0 Å². The van der Waals surface area contributed by atoms with Crippen LogP contribution in [0.3, 0.4) is 0 Å². The van der Waals surface area contributed by atoms with Crippen molar-refractivity contribution in [1.29, 1.82) is 0 Å². The third-order valence-electron chi connectivity index (χ3n) is 7.94. The zero-order valence-corrected chi connectivity index (χ0v) is 23.2. The van der Waals surface area contributed by atoms with Gasteiger partial charge in [0.1, 0.15) is 5.75 Å². The van der Waals surface area contributed by atoms with Gasteiger partial charge in [0.05, 0.1) is 0 Å². The number of carbonyl (C=O) groups excluding carboxylic acids is 1. The lowest BCUT2D eigenvalue weighted by Crippen LogP contribution is -2.30. The number of ether oxygens (including phenoxy) is 1. The van der Waals surface area contributed by atoms with Crippen LogP contribution in [0.5, 0.6) is 5.75 Å². The van der Waals surface area contributed by atoms with Crippen LogP contribution in [0.15, 0.2) is 109 Å². The van der Waals surface area contributed by atoms with Gasteiger partial charge in [-0.2, -0.15) is 0 Å². The summed E-state index contributed by atoms with van der Waals surface area (Å²) in [4.78, 5) is 14.3. The van der Waals surface area contributed by atoms with E-state index in [0.717, 1.165) is 29.9 Å². The Balaban J connectivity index is 1.50. The number of hydrogen-bond donors (Lipinski definition) is 0. The second kappa shape index (κ2) is 11.3. The summed E-state index contributed by atoms with van der Waals surface area (Å²) in [7, 11) is 0. The Labute approximate surface area is 232 Å². The normalized spacial score (nSPS) is 14.4. The lowest BCUT2D eigenvalue weighted by Gasteiger charge is -2.39. The number of anilines is 3. The first kappa shape index (κ1) is 26.5. The summed E-state index contributed by atoms with van der Waals surface area (Å²) in [6.45, 7) is 9.58. The number of benzene rings is 4. The number of hydrogen-bond acceptors (Lipinski definition) is 3. The molecule has 4 aromatic carbocycles. The molecule has 3 nitrogen and oxygen atoms in total. The van der Waals surface area contributed by atoms with Crippen LogP contribution in [0, 0.1) is 13.8 Å². The van der Waals surface area contributed by atoms with Gasteiger partial charge in [0, 0.05) is 28.1 Å². The van der Waals surface area contributed by atoms with Crippen molar-refractivity contribution >= 4 is 23.0 Å². The predicted octanol–water partition coefficient (Wildman–Crippen LogP) is 9.50. The second-order valence-corrected chi connectivity index (χ2v) is 10.9. The average Bonchev–Trinajstić information content (AvgIpc) is 2.96. The molecule has 39 heavy (non-hydrogen) atoms. The van der Waals surface area contributed by atoms with Crippen molar-refractivity contribution in [3.8, 4) is 5.75 Å². The van der Waals surface area contributed by atoms with Gasteiger partial charge in [0.2, 0.25) is 0 Å². The summed E-state index contributed by atoms with van der Waals surface area (Å²) in [5.74, 6) is 0.164. The zero-order chi connectivity index (χ0) is 27.4. The van der Waals surface area contributed by atoms with E-state index in [4.69, 9.17) is 4.74 Å². The van der Waals surface area contributed by atoms with Gasteiger partial charge in [-0.25, -0.2) is 4.79 Å². The molecule has 0 atom stereocenters. The predicted molar refractivity (Wildman–Crippen MR) is 161 cm³/mol. The highest BCUT2D eigenvalue weighted by Crippen LogP contribution is 2.46. The minimum atomic E-state index is -0.391. The number of nitrogens with zero attached hydrogens (tertiary/aromatic N) is 1. The van der Waals surface area contributed by atoms with Crippen molar-refractivity contribution in [3.63, 3.8) is 0 Å². The Kier molecular flexibility index (Phi) is 7.70. The van der Waals surface area contributed by atoms with E-state index in [1.165, 1.54) is 41.5 Å². The van der Waals surface area contributed by atoms with E-state index < -0.39 is 5.97 Å². The molecule has 0 spiro atoms. The van der Waals surface area contributed by atoms with Crippen molar-refractivity contribution in [3.05, 3.63) is 131 Å². The monoisotopic (exact) mass is 515 g/mol. The molecule has 1 aliphatic rings. The summed E-state index contributed by atoms with van der Waals surface area (Å²) in [6, 6.07) is 34.6. The Morgan fingerprint density at radius 3 is 1.51 bits per heavy atom. The summed E-state index contributed by atoms with van der Waals surface area (Å²) >= 11 is 0. The molecule has 0 heterocycles. The molecule has 1 fully saturated rings. The molecule has 5 rings (SSSR count). The molecular formula is C36H37NO2. The van der Waals surface area contributed by atoms with E-state index >= 15 is 0 Å². The first-order valence-corrected chi connectivity index (χ1v) is 13.9. The van der Waals surface area contributed by atoms with Gasteiger partial charge in [-0.05, 0) is 93.3 Å². The number of esters is 1. The minimum absolute atomic E-state index is 0.0494. The number of aryl methyl sites for hydroxylation is 2. The van der Waals surface area contributed by atoms with Crippen molar-refractivity contribution in [2.75, 3.05) is 4.90 Å². The van der Waals surface area contributed by atoms with Gasteiger partial charge in [-0.3, -0.25) is 0 Å². The molecule has 1 aliphatic carbocycles. The highest BCUT2D eigenvalue weighted by molar-refractivity contribution is 5.88. The minimum Gasteiger partial charge on any atom is -0.423 e. The number of rotatable bonds is 7. The van der Waals surface area contributed by atoms with Crippen molar-refractivity contribution in [2.45, 2.75) is 58.3 Å². The topological polar surface area (TPSA) is 29.5 Å². The highest BCUT2D eigenvalue weighted by atomic mass is 16.5. The molecule has 0 saturated heterocycles. The van der Waals surface area contributed by atoms with Gasteiger partial charge in [-0.1, -0.05) is 85.5 Å². The fourth-order valence-electron chi connectivity index (χ4n) is 5.70. The van der Waals surface area contributed by atoms with Crippen LogP contribution in [-0.4, -0.2) is 5.97 Å². The van der Waals surface area contributed by atoms with Crippen LogP contribution >= 0.6 is 0 Å². The standard InChI is InChI=1S/C36H37NO2/c1-26(2)35(38)39-34-22-14-30(15-23-34)36(24-6-5-7-25-36)29-12-20-33(21-13-29)37(31-16-8-27(3)9-17-31)32-18-10-28(4)11-19-32/h8-23H,1,5-7,24-25H2,2-4H3. The molecular weight excluding hydrogens is 478 g/mol. The Hall–Kier alpha value is -4.11.